The molecule has 0 saturated heterocycles. The zero-order valence-corrected chi connectivity index (χ0v) is 14.7. The smallest absolute Gasteiger partial charge is 0.230 e. The highest BCUT2D eigenvalue weighted by Gasteiger charge is 2.08. The summed E-state index contributed by atoms with van der Waals surface area (Å²) in [6.45, 7) is 4.17. The molecule has 0 radical (unpaired) electrons. The van der Waals surface area contributed by atoms with E-state index in [1.54, 1.807) is 11.8 Å². The van der Waals surface area contributed by atoms with Crippen LogP contribution in [0.2, 0.25) is 0 Å². The minimum absolute atomic E-state index is 0.128. The van der Waals surface area contributed by atoms with Crippen LogP contribution in [0.1, 0.15) is 30.0 Å². The van der Waals surface area contributed by atoms with E-state index in [0.717, 1.165) is 18.6 Å². The molecule has 3 heteroatoms. The molecule has 0 spiro atoms. The Morgan fingerprint density at radius 1 is 1.09 bits per heavy atom. The van der Waals surface area contributed by atoms with E-state index in [-0.39, 0.29) is 11.9 Å². The van der Waals surface area contributed by atoms with Gasteiger partial charge < -0.3 is 5.32 Å². The van der Waals surface area contributed by atoms with Gasteiger partial charge in [-0.3, -0.25) is 4.79 Å². The van der Waals surface area contributed by atoms with Gasteiger partial charge in [0.1, 0.15) is 0 Å². The van der Waals surface area contributed by atoms with Crippen LogP contribution in [-0.2, 0) is 17.0 Å². The molecule has 2 rings (SSSR count). The normalized spacial score (nSPS) is 11.9. The second-order valence-electron chi connectivity index (χ2n) is 5.97. The molecule has 0 fully saturated rings. The van der Waals surface area contributed by atoms with Gasteiger partial charge in [0.15, 0.2) is 0 Å². The third-order valence-corrected chi connectivity index (χ3v) is 4.70. The summed E-state index contributed by atoms with van der Waals surface area (Å²) < 4.78 is 0. The van der Waals surface area contributed by atoms with Crippen molar-refractivity contribution in [1.82, 2.24) is 5.32 Å². The molecule has 0 aliphatic rings. The number of rotatable bonds is 8. The molecule has 0 bridgehead atoms. The van der Waals surface area contributed by atoms with Gasteiger partial charge >= 0.3 is 0 Å². The van der Waals surface area contributed by atoms with Crippen molar-refractivity contribution >= 4 is 17.7 Å². The van der Waals surface area contributed by atoms with Crippen LogP contribution in [0.3, 0.4) is 0 Å². The van der Waals surface area contributed by atoms with E-state index < -0.39 is 0 Å². The lowest BCUT2D eigenvalue weighted by Crippen LogP contribution is -2.34. The number of nitrogens with one attached hydrogen (secondary N) is 1. The average molecular weight is 327 g/mol. The highest BCUT2D eigenvalue weighted by Crippen LogP contribution is 2.13. The summed E-state index contributed by atoms with van der Waals surface area (Å²) in [6, 6.07) is 19.1. The number of carbonyl (C=O) groups excluding carboxylic acids is 1. The van der Waals surface area contributed by atoms with Crippen molar-refractivity contribution in [1.29, 1.82) is 0 Å². The highest BCUT2D eigenvalue weighted by molar-refractivity contribution is 7.99. The monoisotopic (exact) mass is 327 g/mol. The van der Waals surface area contributed by atoms with Crippen LogP contribution in [0.15, 0.2) is 54.6 Å². The molecule has 1 unspecified atom stereocenters. The van der Waals surface area contributed by atoms with Crippen molar-refractivity contribution in [2.45, 2.75) is 38.5 Å². The summed E-state index contributed by atoms with van der Waals surface area (Å²) in [7, 11) is 0. The molecule has 1 amide bonds. The molecule has 0 aliphatic heterocycles. The summed E-state index contributed by atoms with van der Waals surface area (Å²) >= 11 is 1.67. The SMILES string of the molecule is Cc1cccc(CSCC(=O)NC(C)CCc2ccccc2)c1. The fourth-order valence-corrected chi connectivity index (χ4v) is 3.27. The average Bonchev–Trinajstić information content (AvgIpc) is 2.54. The molecule has 2 aromatic carbocycles. The lowest BCUT2D eigenvalue weighted by atomic mass is 10.1. The first-order chi connectivity index (χ1) is 11.1. The van der Waals surface area contributed by atoms with Crippen LogP contribution in [0, 0.1) is 6.92 Å². The van der Waals surface area contributed by atoms with Crippen LogP contribution in [0.4, 0.5) is 0 Å². The first-order valence-electron chi connectivity index (χ1n) is 8.10. The van der Waals surface area contributed by atoms with E-state index >= 15 is 0 Å². The van der Waals surface area contributed by atoms with Gasteiger partial charge in [0, 0.05) is 11.8 Å². The number of hydrogen-bond donors (Lipinski definition) is 1. The van der Waals surface area contributed by atoms with Crippen molar-refractivity contribution in [2.75, 3.05) is 5.75 Å². The summed E-state index contributed by atoms with van der Waals surface area (Å²) in [5.41, 5.74) is 3.87. The third kappa shape index (κ3) is 6.91. The van der Waals surface area contributed by atoms with Crippen LogP contribution in [0.5, 0.6) is 0 Å². The van der Waals surface area contributed by atoms with E-state index in [4.69, 9.17) is 0 Å². The predicted molar refractivity (Wildman–Crippen MR) is 99.7 cm³/mol. The molecule has 0 saturated carbocycles. The minimum atomic E-state index is 0.128. The second kappa shape index (κ2) is 9.41. The minimum Gasteiger partial charge on any atom is -0.353 e. The van der Waals surface area contributed by atoms with Crippen molar-refractivity contribution in [3.05, 3.63) is 71.3 Å². The topological polar surface area (TPSA) is 29.1 Å². The third-order valence-electron chi connectivity index (χ3n) is 3.70. The van der Waals surface area contributed by atoms with E-state index in [1.165, 1.54) is 16.7 Å². The molecule has 122 valence electrons. The maximum absolute atomic E-state index is 12.0. The fraction of sp³-hybridized carbons (Fsp3) is 0.350. The molecule has 1 atom stereocenters. The van der Waals surface area contributed by atoms with Crippen molar-refractivity contribution in [3.63, 3.8) is 0 Å². The van der Waals surface area contributed by atoms with Gasteiger partial charge in [-0.2, -0.15) is 0 Å². The fourth-order valence-electron chi connectivity index (χ4n) is 2.48. The van der Waals surface area contributed by atoms with Gasteiger partial charge in [-0.15, -0.1) is 11.8 Å². The molecular formula is C20H25NOS. The Bertz CT molecular complexity index is 612. The summed E-state index contributed by atoms with van der Waals surface area (Å²) in [6.07, 6.45) is 1.97. The number of thioether (sulfide) groups is 1. The largest absolute Gasteiger partial charge is 0.353 e. The Labute approximate surface area is 143 Å². The van der Waals surface area contributed by atoms with E-state index in [1.807, 2.05) is 6.07 Å². The Hall–Kier alpha value is -1.74. The van der Waals surface area contributed by atoms with Crippen LogP contribution >= 0.6 is 11.8 Å². The summed E-state index contributed by atoms with van der Waals surface area (Å²) in [5.74, 6) is 1.53. The summed E-state index contributed by atoms with van der Waals surface area (Å²) in [4.78, 5) is 12.0. The maximum Gasteiger partial charge on any atom is 0.230 e. The zero-order valence-electron chi connectivity index (χ0n) is 13.9. The second-order valence-corrected chi connectivity index (χ2v) is 6.96. The van der Waals surface area contributed by atoms with Gasteiger partial charge in [0.2, 0.25) is 5.91 Å². The van der Waals surface area contributed by atoms with Crippen molar-refractivity contribution < 1.29 is 4.79 Å². The molecule has 2 nitrogen and oxygen atoms in total. The standard InChI is InChI=1S/C20H25NOS/c1-16-7-6-10-19(13-16)14-23-15-20(22)21-17(2)11-12-18-8-4-3-5-9-18/h3-10,13,17H,11-12,14-15H2,1-2H3,(H,21,22). The number of hydrogen-bond acceptors (Lipinski definition) is 2. The van der Waals surface area contributed by atoms with Crippen LogP contribution in [0.25, 0.3) is 0 Å². The predicted octanol–water partition coefficient (Wildman–Crippen LogP) is 4.37. The van der Waals surface area contributed by atoms with Crippen molar-refractivity contribution in [2.24, 2.45) is 0 Å². The molecule has 0 heterocycles. The highest BCUT2D eigenvalue weighted by atomic mass is 32.2. The van der Waals surface area contributed by atoms with Crippen LogP contribution < -0.4 is 5.32 Å². The summed E-state index contributed by atoms with van der Waals surface area (Å²) in [5, 5.41) is 3.09. The first kappa shape index (κ1) is 17.6. The van der Waals surface area contributed by atoms with Gasteiger partial charge in [-0.25, -0.2) is 0 Å². The van der Waals surface area contributed by atoms with Gasteiger partial charge in [-0.05, 0) is 37.8 Å². The molecule has 2 aromatic rings. The number of benzene rings is 2. The number of amides is 1. The molecule has 23 heavy (non-hydrogen) atoms. The Morgan fingerprint density at radius 2 is 1.83 bits per heavy atom. The Kier molecular flexibility index (Phi) is 7.21. The molecule has 0 aromatic heterocycles. The van der Waals surface area contributed by atoms with Crippen LogP contribution in [-0.4, -0.2) is 17.7 Å². The van der Waals surface area contributed by atoms with Gasteiger partial charge in [-0.1, -0.05) is 60.2 Å². The lowest BCUT2D eigenvalue weighted by molar-refractivity contribution is -0.119. The van der Waals surface area contributed by atoms with E-state index in [9.17, 15) is 4.79 Å². The maximum atomic E-state index is 12.0. The number of carbonyl (C=O) groups is 1. The van der Waals surface area contributed by atoms with E-state index in [2.05, 4.69) is 67.7 Å². The van der Waals surface area contributed by atoms with Gasteiger partial charge in [0.05, 0.1) is 5.75 Å². The Morgan fingerprint density at radius 3 is 2.57 bits per heavy atom. The van der Waals surface area contributed by atoms with Crippen molar-refractivity contribution in [3.8, 4) is 0 Å². The van der Waals surface area contributed by atoms with Gasteiger partial charge in [0.25, 0.3) is 0 Å². The number of aryl methyl sites for hydroxylation is 2. The van der Waals surface area contributed by atoms with E-state index in [0.29, 0.717) is 5.75 Å². The molecule has 1 N–H and O–H groups in total. The first-order valence-corrected chi connectivity index (χ1v) is 9.25. The molecular weight excluding hydrogens is 302 g/mol. The lowest BCUT2D eigenvalue weighted by Gasteiger charge is -2.14. The Balaban J connectivity index is 1.64. The molecule has 0 aliphatic carbocycles. The quantitative estimate of drug-likeness (QED) is 0.780. The zero-order chi connectivity index (χ0) is 16.5.